The molecule has 0 radical (unpaired) electrons. The summed E-state index contributed by atoms with van der Waals surface area (Å²) in [7, 11) is 0. The zero-order chi connectivity index (χ0) is 13.0. The van der Waals surface area contributed by atoms with Gasteiger partial charge in [0.15, 0.2) is 5.76 Å². The SMILES string of the molecule is CCNc1nc(OC(C)C)nc(-c2ccco2)n1. The Morgan fingerprint density at radius 2 is 2.17 bits per heavy atom. The lowest BCUT2D eigenvalue weighted by Gasteiger charge is -2.09. The third-order valence-corrected chi connectivity index (χ3v) is 2.03. The number of anilines is 1. The number of nitrogens with one attached hydrogen (secondary N) is 1. The molecule has 6 heteroatoms. The van der Waals surface area contributed by atoms with Crippen LogP contribution in [0.3, 0.4) is 0 Å². The Kier molecular flexibility index (Phi) is 3.76. The standard InChI is InChI=1S/C12H16N4O2/c1-4-13-11-14-10(9-6-5-7-17-9)15-12(16-11)18-8(2)3/h5-8H,4H2,1-3H3,(H,13,14,15,16). The van der Waals surface area contributed by atoms with Crippen molar-refractivity contribution in [3.05, 3.63) is 18.4 Å². The van der Waals surface area contributed by atoms with E-state index in [1.807, 2.05) is 20.8 Å². The first-order valence-corrected chi connectivity index (χ1v) is 5.89. The number of hydrogen-bond donors (Lipinski definition) is 1. The lowest BCUT2D eigenvalue weighted by atomic mass is 10.4. The highest BCUT2D eigenvalue weighted by molar-refractivity contribution is 5.49. The summed E-state index contributed by atoms with van der Waals surface area (Å²) in [5.41, 5.74) is 0. The molecule has 2 heterocycles. The van der Waals surface area contributed by atoms with Crippen molar-refractivity contribution in [1.82, 2.24) is 15.0 Å². The van der Waals surface area contributed by atoms with Gasteiger partial charge in [-0.15, -0.1) is 0 Å². The molecule has 0 amide bonds. The maximum atomic E-state index is 5.50. The first kappa shape index (κ1) is 12.3. The molecular formula is C12H16N4O2. The molecule has 2 rings (SSSR count). The van der Waals surface area contributed by atoms with E-state index in [9.17, 15) is 0 Å². The summed E-state index contributed by atoms with van der Waals surface area (Å²) in [6, 6.07) is 3.88. The fraction of sp³-hybridized carbons (Fsp3) is 0.417. The van der Waals surface area contributed by atoms with Gasteiger partial charge in [0.1, 0.15) is 0 Å². The van der Waals surface area contributed by atoms with Gasteiger partial charge < -0.3 is 14.5 Å². The number of furan rings is 1. The lowest BCUT2D eigenvalue weighted by molar-refractivity contribution is 0.222. The van der Waals surface area contributed by atoms with Crippen molar-refractivity contribution in [3.63, 3.8) is 0 Å². The molecule has 0 saturated carbocycles. The van der Waals surface area contributed by atoms with Crippen molar-refractivity contribution in [2.45, 2.75) is 26.9 Å². The molecule has 18 heavy (non-hydrogen) atoms. The van der Waals surface area contributed by atoms with E-state index in [2.05, 4.69) is 20.3 Å². The van der Waals surface area contributed by atoms with E-state index in [0.29, 0.717) is 23.5 Å². The third-order valence-electron chi connectivity index (χ3n) is 2.03. The molecule has 1 N–H and O–H groups in total. The molecule has 0 saturated heterocycles. The van der Waals surface area contributed by atoms with Crippen LogP contribution in [0.4, 0.5) is 5.95 Å². The van der Waals surface area contributed by atoms with Crippen LogP contribution in [0.25, 0.3) is 11.6 Å². The van der Waals surface area contributed by atoms with E-state index in [4.69, 9.17) is 9.15 Å². The van der Waals surface area contributed by atoms with Crippen molar-refractivity contribution < 1.29 is 9.15 Å². The smallest absolute Gasteiger partial charge is 0.322 e. The van der Waals surface area contributed by atoms with Crippen LogP contribution in [0.1, 0.15) is 20.8 Å². The summed E-state index contributed by atoms with van der Waals surface area (Å²) in [6.07, 6.45) is 1.58. The Hall–Kier alpha value is -2.11. The van der Waals surface area contributed by atoms with Gasteiger partial charge in [-0.25, -0.2) is 0 Å². The van der Waals surface area contributed by atoms with Crippen molar-refractivity contribution in [2.75, 3.05) is 11.9 Å². The summed E-state index contributed by atoms with van der Waals surface area (Å²) < 4.78 is 10.8. The number of hydrogen-bond acceptors (Lipinski definition) is 6. The van der Waals surface area contributed by atoms with Gasteiger partial charge >= 0.3 is 6.01 Å². The Morgan fingerprint density at radius 1 is 1.33 bits per heavy atom. The van der Waals surface area contributed by atoms with Gasteiger partial charge in [-0.05, 0) is 32.9 Å². The van der Waals surface area contributed by atoms with E-state index in [-0.39, 0.29) is 6.10 Å². The van der Waals surface area contributed by atoms with E-state index >= 15 is 0 Å². The van der Waals surface area contributed by atoms with Gasteiger partial charge in [0, 0.05) is 6.54 Å². The Balaban J connectivity index is 2.36. The fourth-order valence-corrected chi connectivity index (χ4v) is 1.37. The van der Waals surface area contributed by atoms with E-state index in [0.717, 1.165) is 6.54 Å². The minimum atomic E-state index is 0.00586. The molecule has 96 valence electrons. The van der Waals surface area contributed by atoms with E-state index in [1.54, 1.807) is 18.4 Å². The predicted octanol–water partition coefficient (Wildman–Crippen LogP) is 2.35. The summed E-state index contributed by atoms with van der Waals surface area (Å²) in [4.78, 5) is 12.7. The van der Waals surface area contributed by atoms with Crippen LogP contribution >= 0.6 is 0 Å². The van der Waals surface area contributed by atoms with Gasteiger partial charge in [0.25, 0.3) is 0 Å². The number of ether oxygens (including phenoxy) is 1. The molecule has 0 unspecified atom stereocenters. The average molecular weight is 248 g/mol. The molecule has 0 fully saturated rings. The van der Waals surface area contributed by atoms with Crippen molar-refractivity contribution in [3.8, 4) is 17.6 Å². The second-order valence-electron chi connectivity index (χ2n) is 3.94. The lowest BCUT2D eigenvalue weighted by Crippen LogP contribution is -2.12. The maximum Gasteiger partial charge on any atom is 0.322 e. The van der Waals surface area contributed by atoms with Crippen LogP contribution in [0.15, 0.2) is 22.8 Å². The van der Waals surface area contributed by atoms with Crippen LogP contribution in [0, 0.1) is 0 Å². The Bertz CT molecular complexity index is 497. The van der Waals surface area contributed by atoms with Gasteiger partial charge in [-0.2, -0.15) is 15.0 Å². The van der Waals surface area contributed by atoms with Crippen molar-refractivity contribution in [2.24, 2.45) is 0 Å². The van der Waals surface area contributed by atoms with Gasteiger partial charge in [0.05, 0.1) is 12.4 Å². The first-order valence-electron chi connectivity index (χ1n) is 5.89. The van der Waals surface area contributed by atoms with Crippen LogP contribution < -0.4 is 10.1 Å². The number of nitrogens with zero attached hydrogens (tertiary/aromatic N) is 3. The fourth-order valence-electron chi connectivity index (χ4n) is 1.37. The zero-order valence-corrected chi connectivity index (χ0v) is 10.7. The Labute approximate surface area is 105 Å². The van der Waals surface area contributed by atoms with Gasteiger partial charge in [0.2, 0.25) is 11.8 Å². The van der Waals surface area contributed by atoms with E-state index < -0.39 is 0 Å². The molecule has 2 aromatic rings. The first-order chi connectivity index (χ1) is 8.69. The molecule has 0 aliphatic carbocycles. The summed E-state index contributed by atoms with van der Waals surface area (Å²) in [6.45, 7) is 6.54. The minimum absolute atomic E-state index is 0.00586. The monoisotopic (exact) mass is 248 g/mol. The zero-order valence-electron chi connectivity index (χ0n) is 10.7. The summed E-state index contributed by atoms with van der Waals surface area (Å²) >= 11 is 0. The molecule has 0 aliphatic rings. The third kappa shape index (κ3) is 2.97. The quantitative estimate of drug-likeness (QED) is 0.875. The van der Waals surface area contributed by atoms with E-state index in [1.165, 1.54) is 0 Å². The molecule has 2 aromatic heterocycles. The number of rotatable bonds is 5. The van der Waals surface area contributed by atoms with Gasteiger partial charge in [-0.3, -0.25) is 0 Å². The number of aromatic nitrogens is 3. The van der Waals surface area contributed by atoms with Crippen LogP contribution in [-0.2, 0) is 0 Å². The highest BCUT2D eigenvalue weighted by atomic mass is 16.5. The van der Waals surface area contributed by atoms with Crippen molar-refractivity contribution >= 4 is 5.95 Å². The molecule has 0 aliphatic heterocycles. The topological polar surface area (TPSA) is 73.1 Å². The molecule has 6 nitrogen and oxygen atoms in total. The second-order valence-corrected chi connectivity index (χ2v) is 3.94. The molecule has 0 atom stereocenters. The van der Waals surface area contributed by atoms with Crippen LogP contribution in [-0.4, -0.2) is 27.6 Å². The van der Waals surface area contributed by atoms with Crippen LogP contribution in [0.2, 0.25) is 0 Å². The largest absolute Gasteiger partial charge is 0.461 e. The molecule has 0 spiro atoms. The second kappa shape index (κ2) is 5.48. The Morgan fingerprint density at radius 3 is 2.78 bits per heavy atom. The highest BCUT2D eigenvalue weighted by Gasteiger charge is 2.11. The van der Waals surface area contributed by atoms with Crippen molar-refractivity contribution in [1.29, 1.82) is 0 Å². The summed E-state index contributed by atoms with van der Waals surface area (Å²) in [5.74, 6) is 1.53. The van der Waals surface area contributed by atoms with Crippen LogP contribution in [0.5, 0.6) is 6.01 Å². The van der Waals surface area contributed by atoms with Gasteiger partial charge in [-0.1, -0.05) is 0 Å². The minimum Gasteiger partial charge on any atom is -0.461 e. The predicted molar refractivity (Wildman–Crippen MR) is 67.5 cm³/mol. The molecule has 0 bridgehead atoms. The summed E-state index contributed by atoms with van der Waals surface area (Å²) in [5, 5.41) is 3.04. The molecular weight excluding hydrogens is 232 g/mol. The normalized spacial score (nSPS) is 10.7. The molecule has 0 aromatic carbocycles. The highest BCUT2D eigenvalue weighted by Crippen LogP contribution is 2.19. The maximum absolute atomic E-state index is 5.50. The average Bonchev–Trinajstić information content (AvgIpc) is 2.81.